The fourth-order valence-corrected chi connectivity index (χ4v) is 0. The largest absolute Gasteiger partial charge is 0.483 e. The topological polar surface area (TPSA) is 74.6 Å². The van der Waals surface area contributed by atoms with Crippen LogP contribution in [0.25, 0.3) is 0 Å². The summed E-state index contributed by atoms with van der Waals surface area (Å²) in [6.07, 6.45) is 0. The molecule has 0 aromatic heterocycles. The molecule has 38 valence electrons. The summed E-state index contributed by atoms with van der Waals surface area (Å²) in [4.78, 5) is 16.7. The van der Waals surface area contributed by atoms with Gasteiger partial charge in [0, 0.05) is 19.5 Å². The van der Waals surface area contributed by atoms with Crippen molar-refractivity contribution in [1.29, 1.82) is 0 Å². The molecule has 0 aliphatic carbocycles. The fraction of sp³-hybridized carbons (Fsp3) is 0. The van der Waals surface area contributed by atoms with Crippen LogP contribution in [0.4, 0.5) is 0 Å². The molecule has 0 bridgehead atoms. The Morgan fingerprint density at radius 2 is 1.00 bits per heavy atom. The SMILES string of the molecule is O=CO.O=CO.[Zn]. The van der Waals surface area contributed by atoms with Crippen LogP contribution in [-0.4, -0.2) is 23.2 Å². The second-order valence-corrected chi connectivity index (χ2v) is 0.211. The molecule has 0 aliphatic heterocycles. The van der Waals surface area contributed by atoms with Crippen LogP contribution in [0.1, 0.15) is 0 Å². The Morgan fingerprint density at radius 1 is 1.00 bits per heavy atom. The zero-order valence-electron chi connectivity index (χ0n) is 3.57. The minimum atomic E-state index is -0.250. The minimum absolute atomic E-state index is 0. The second-order valence-electron chi connectivity index (χ2n) is 0.211. The first-order chi connectivity index (χ1) is 2.83. The Morgan fingerprint density at radius 3 is 1.00 bits per heavy atom. The van der Waals surface area contributed by atoms with Crippen molar-refractivity contribution in [1.82, 2.24) is 0 Å². The maximum atomic E-state index is 8.36. The van der Waals surface area contributed by atoms with Gasteiger partial charge < -0.3 is 10.2 Å². The third-order valence-electron chi connectivity index (χ3n) is 0. The van der Waals surface area contributed by atoms with Crippen LogP contribution in [0.2, 0.25) is 0 Å². The van der Waals surface area contributed by atoms with Gasteiger partial charge in [-0.3, -0.25) is 9.59 Å². The molecule has 0 saturated carbocycles. The summed E-state index contributed by atoms with van der Waals surface area (Å²) in [7, 11) is 0. The molecule has 0 aromatic carbocycles. The minimum Gasteiger partial charge on any atom is -0.483 e. The molecular weight excluding hydrogens is 153 g/mol. The van der Waals surface area contributed by atoms with Crippen molar-refractivity contribution in [3.63, 3.8) is 0 Å². The van der Waals surface area contributed by atoms with E-state index in [-0.39, 0.29) is 32.4 Å². The predicted octanol–water partition coefficient (Wildman–Crippen LogP) is -0.601. The first-order valence-electron chi connectivity index (χ1n) is 0.988. The van der Waals surface area contributed by atoms with E-state index in [9.17, 15) is 0 Å². The van der Waals surface area contributed by atoms with Gasteiger partial charge in [0.2, 0.25) is 0 Å². The molecule has 7 heavy (non-hydrogen) atoms. The normalized spacial score (nSPS) is 3.43. The van der Waals surface area contributed by atoms with Gasteiger partial charge >= 0.3 is 0 Å². The van der Waals surface area contributed by atoms with Gasteiger partial charge in [0.05, 0.1) is 0 Å². The third kappa shape index (κ3) is 371. The van der Waals surface area contributed by atoms with Gasteiger partial charge in [-0.05, 0) is 0 Å². The Balaban J connectivity index is -0.0000000400. The molecule has 0 aliphatic rings. The van der Waals surface area contributed by atoms with E-state index in [2.05, 4.69) is 0 Å². The molecular formula is C2H4O4Zn. The molecule has 2 N–H and O–H groups in total. The molecule has 0 saturated heterocycles. The van der Waals surface area contributed by atoms with Crippen LogP contribution in [0.15, 0.2) is 0 Å². The maximum Gasteiger partial charge on any atom is 0.290 e. The zero-order valence-corrected chi connectivity index (χ0v) is 6.54. The van der Waals surface area contributed by atoms with E-state index in [0.717, 1.165) is 0 Å². The number of hydrogen-bond donors (Lipinski definition) is 2. The first kappa shape index (κ1) is 16.0. The quantitative estimate of drug-likeness (QED) is 0.364. The van der Waals surface area contributed by atoms with Crippen LogP contribution >= 0.6 is 0 Å². The molecule has 0 spiro atoms. The number of rotatable bonds is 0. The Hall–Kier alpha value is -0.437. The van der Waals surface area contributed by atoms with Crippen molar-refractivity contribution in [2.45, 2.75) is 0 Å². The molecule has 0 heterocycles. The molecule has 0 amide bonds. The van der Waals surface area contributed by atoms with Crippen LogP contribution in [0, 0.1) is 0 Å². The van der Waals surface area contributed by atoms with Crippen molar-refractivity contribution in [2.75, 3.05) is 0 Å². The monoisotopic (exact) mass is 156 g/mol. The predicted molar refractivity (Wildman–Crippen MR) is 17.4 cm³/mol. The van der Waals surface area contributed by atoms with Crippen molar-refractivity contribution in [3.05, 3.63) is 0 Å². The van der Waals surface area contributed by atoms with Crippen LogP contribution in [0.3, 0.4) is 0 Å². The number of hydrogen-bond acceptors (Lipinski definition) is 2. The number of carboxylic acid groups (broad SMARTS) is 2. The molecule has 0 rings (SSSR count). The van der Waals surface area contributed by atoms with E-state index < -0.39 is 0 Å². The second kappa shape index (κ2) is 47.4. The maximum absolute atomic E-state index is 8.36. The van der Waals surface area contributed by atoms with E-state index in [0.29, 0.717) is 0 Å². The van der Waals surface area contributed by atoms with Crippen molar-refractivity contribution in [2.24, 2.45) is 0 Å². The van der Waals surface area contributed by atoms with Crippen molar-refractivity contribution < 1.29 is 39.3 Å². The van der Waals surface area contributed by atoms with Crippen LogP contribution < -0.4 is 0 Å². The standard InChI is InChI=1S/2CH2O2.Zn/c2*2-1-3;/h2*1H,(H,2,3);. The van der Waals surface area contributed by atoms with Gasteiger partial charge in [0.1, 0.15) is 0 Å². The Kier molecular flexibility index (Phi) is 108. The summed E-state index contributed by atoms with van der Waals surface area (Å²) >= 11 is 0. The smallest absolute Gasteiger partial charge is 0.290 e. The van der Waals surface area contributed by atoms with Crippen molar-refractivity contribution in [3.8, 4) is 0 Å². The van der Waals surface area contributed by atoms with Crippen LogP contribution in [-0.2, 0) is 29.1 Å². The van der Waals surface area contributed by atoms with E-state index >= 15 is 0 Å². The molecule has 5 heteroatoms. The van der Waals surface area contributed by atoms with Gasteiger partial charge in [0.25, 0.3) is 12.9 Å². The fourth-order valence-electron chi connectivity index (χ4n) is 0. The van der Waals surface area contributed by atoms with Gasteiger partial charge in [-0.2, -0.15) is 0 Å². The summed E-state index contributed by atoms with van der Waals surface area (Å²) in [6.45, 7) is -0.500. The molecule has 0 fully saturated rings. The summed E-state index contributed by atoms with van der Waals surface area (Å²) in [5.41, 5.74) is 0. The first-order valence-corrected chi connectivity index (χ1v) is 0.988. The number of carbonyl (C=O) groups is 2. The van der Waals surface area contributed by atoms with E-state index in [1.54, 1.807) is 0 Å². The molecule has 0 radical (unpaired) electrons. The molecule has 0 aromatic rings. The Labute approximate surface area is 52.9 Å². The summed E-state index contributed by atoms with van der Waals surface area (Å²) in [5.74, 6) is 0. The van der Waals surface area contributed by atoms with Gasteiger partial charge in [-0.15, -0.1) is 0 Å². The average Bonchev–Trinajstić information content (AvgIpc) is 1.39. The van der Waals surface area contributed by atoms with Crippen molar-refractivity contribution >= 4 is 12.9 Å². The zero-order chi connectivity index (χ0) is 5.41. The van der Waals surface area contributed by atoms with Crippen LogP contribution in [0.5, 0.6) is 0 Å². The summed E-state index contributed by atoms with van der Waals surface area (Å²) < 4.78 is 0. The molecule has 0 unspecified atom stereocenters. The molecule has 0 atom stereocenters. The summed E-state index contributed by atoms with van der Waals surface area (Å²) in [5, 5.41) is 13.8. The van der Waals surface area contributed by atoms with E-state index in [1.165, 1.54) is 0 Å². The summed E-state index contributed by atoms with van der Waals surface area (Å²) in [6, 6.07) is 0. The van der Waals surface area contributed by atoms with E-state index in [1.807, 2.05) is 0 Å². The Bertz CT molecular complexity index is 30.7. The third-order valence-corrected chi connectivity index (χ3v) is 0. The van der Waals surface area contributed by atoms with Gasteiger partial charge in [-0.25, -0.2) is 0 Å². The van der Waals surface area contributed by atoms with Gasteiger partial charge in [0.15, 0.2) is 0 Å². The van der Waals surface area contributed by atoms with E-state index in [4.69, 9.17) is 19.8 Å². The molecule has 4 nitrogen and oxygen atoms in total. The average molecular weight is 157 g/mol. The van der Waals surface area contributed by atoms with Gasteiger partial charge in [-0.1, -0.05) is 0 Å².